The molecule has 2 aliphatic rings. The summed E-state index contributed by atoms with van der Waals surface area (Å²) < 4.78 is 5.78. The van der Waals surface area contributed by atoms with Crippen molar-refractivity contribution in [2.75, 3.05) is 25.0 Å². The van der Waals surface area contributed by atoms with Crippen molar-refractivity contribution in [3.05, 3.63) is 95.6 Å². The number of anilines is 1. The molecule has 3 aromatic carbocycles. The largest absolute Gasteiger partial charge is 0.480 e. The maximum Gasteiger partial charge on any atom is 0.265 e. The van der Waals surface area contributed by atoms with Gasteiger partial charge in [0.1, 0.15) is 5.75 Å². The minimum Gasteiger partial charge on any atom is -0.480 e. The lowest BCUT2D eigenvalue weighted by molar-refractivity contribution is -0.122. The summed E-state index contributed by atoms with van der Waals surface area (Å²) >= 11 is 0. The van der Waals surface area contributed by atoms with E-state index >= 15 is 0 Å². The molecule has 6 nitrogen and oxygen atoms in total. The Labute approximate surface area is 199 Å². The summed E-state index contributed by atoms with van der Waals surface area (Å²) in [5.74, 6) is 0.384. The van der Waals surface area contributed by atoms with Gasteiger partial charge < -0.3 is 15.4 Å². The lowest BCUT2D eigenvalue weighted by Gasteiger charge is -2.28. The fourth-order valence-electron chi connectivity index (χ4n) is 4.77. The van der Waals surface area contributed by atoms with E-state index in [4.69, 9.17) is 4.74 Å². The summed E-state index contributed by atoms with van der Waals surface area (Å²) in [5.41, 5.74) is 3.34. The number of likely N-dealkylation sites (tertiary alicyclic amines) is 1. The van der Waals surface area contributed by atoms with Gasteiger partial charge in [-0.25, -0.2) is 0 Å². The molecule has 5 rings (SSSR count). The first-order valence-corrected chi connectivity index (χ1v) is 11.9. The molecule has 1 saturated heterocycles. The van der Waals surface area contributed by atoms with E-state index in [2.05, 4.69) is 27.7 Å². The van der Waals surface area contributed by atoms with Gasteiger partial charge in [-0.2, -0.15) is 0 Å². The molecule has 0 radical (unpaired) electrons. The van der Waals surface area contributed by atoms with Gasteiger partial charge in [-0.3, -0.25) is 14.5 Å². The van der Waals surface area contributed by atoms with Crippen LogP contribution in [0.2, 0.25) is 0 Å². The molecule has 3 aromatic rings. The van der Waals surface area contributed by atoms with Crippen molar-refractivity contribution < 1.29 is 14.3 Å². The maximum atomic E-state index is 13.0. The zero-order valence-corrected chi connectivity index (χ0v) is 19.1. The van der Waals surface area contributed by atoms with Gasteiger partial charge in [0.05, 0.1) is 6.04 Å². The van der Waals surface area contributed by atoms with Crippen LogP contribution in [0.25, 0.3) is 0 Å². The van der Waals surface area contributed by atoms with Crippen LogP contribution in [0.4, 0.5) is 5.69 Å². The summed E-state index contributed by atoms with van der Waals surface area (Å²) in [6.45, 7) is 2.63. The molecule has 34 heavy (non-hydrogen) atoms. The van der Waals surface area contributed by atoms with Crippen LogP contribution in [-0.4, -0.2) is 42.5 Å². The van der Waals surface area contributed by atoms with Gasteiger partial charge in [-0.15, -0.1) is 0 Å². The monoisotopic (exact) mass is 455 g/mol. The Morgan fingerprint density at radius 2 is 1.71 bits per heavy atom. The Bertz CT molecular complexity index is 1130. The van der Waals surface area contributed by atoms with Crippen LogP contribution < -0.4 is 15.4 Å². The Morgan fingerprint density at radius 3 is 2.50 bits per heavy atom. The first kappa shape index (κ1) is 22.2. The van der Waals surface area contributed by atoms with Gasteiger partial charge in [0.25, 0.3) is 11.8 Å². The second-order valence-corrected chi connectivity index (χ2v) is 8.87. The molecule has 6 heteroatoms. The van der Waals surface area contributed by atoms with Crippen molar-refractivity contribution in [3.63, 3.8) is 0 Å². The molecule has 2 unspecified atom stereocenters. The molecular formula is C28H29N3O3. The molecule has 1 fully saturated rings. The van der Waals surface area contributed by atoms with Gasteiger partial charge >= 0.3 is 0 Å². The minimum absolute atomic E-state index is 0.150. The van der Waals surface area contributed by atoms with Crippen LogP contribution in [-0.2, 0) is 11.2 Å². The van der Waals surface area contributed by atoms with E-state index in [0.717, 1.165) is 24.4 Å². The molecule has 0 aliphatic carbocycles. The van der Waals surface area contributed by atoms with Crippen molar-refractivity contribution in [2.24, 2.45) is 0 Å². The number of ether oxygens (including phenoxy) is 1. The lowest BCUT2D eigenvalue weighted by Crippen LogP contribution is -2.36. The van der Waals surface area contributed by atoms with Crippen molar-refractivity contribution in [3.8, 4) is 5.75 Å². The highest BCUT2D eigenvalue weighted by Crippen LogP contribution is 2.29. The average Bonchev–Trinajstić information content (AvgIpc) is 3.55. The highest BCUT2D eigenvalue weighted by Gasteiger charge is 2.29. The van der Waals surface area contributed by atoms with Crippen LogP contribution in [0.5, 0.6) is 5.75 Å². The zero-order chi connectivity index (χ0) is 23.3. The van der Waals surface area contributed by atoms with Gasteiger partial charge in [0.2, 0.25) is 0 Å². The van der Waals surface area contributed by atoms with Gasteiger partial charge in [0.15, 0.2) is 6.10 Å². The van der Waals surface area contributed by atoms with Crippen LogP contribution in [0.15, 0.2) is 78.9 Å². The number of carbonyl (C=O) groups excluding carboxylic acids is 2. The predicted octanol–water partition coefficient (Wildman–Crippen LogP) is 4.20. The fourth-order valence-corrected chi connectivity index (χ4v) is 4.77. The number of hydrogen-bond donors (Lipinski definition) is 2. The number of rotatable bonds is 7. The Hall–Kier alpha value is -3.64. The van der Waals surface area contributed by atoms with E-state index in [9.17, 15) is 9.59 Å². The van der Waals surface area contributed by atoms with E-state index in [0.29, 0.717) is 24.2 Å². The van der Waals surface area contributed by atoms with Crippen molar-refractivity contribution in [1.29, 1.82) is 0 Å². The lowest BCUT2D eigenvalue weighted by atomic mass is 10.1. The molecule has 174 valence electrons. The minimum atomic E-state index is -0.568. The van der Waals surface area contributed by atoms with Gasteiger partial charge in [-0.05, 0) is 61.3 Å². The zero-order valence-electron chi connectivity index (χ0n) is 19.1. The van der Waals surface area contributed by atoms with Crippen molar-refractivity contribution in [1.82, 2.24) is 10.2 Å². The van der Waals surface area contributed by atoms with Crippen LogP contribution >= 0.6 is 0 Å². The smallest absolute Gasteiger partial charge is 0.265 e. The third kappa shape index (κ3) is 4.97. The van der Waals surface area contributed by atoms with Crippen LogP contribution in [0, 0.1) is 0 Å². The summed E-state index contributed by atoms with van der Waals surface area (Å²) in [4.78, 5) is 28.1. The number of amides is 2. The van der Waals surface area contributed by atoms with E-state index in [1.54, 1.807) is 24.3 Å². The topological polar surface area (TPSA) is 70.7 Å². The number of benzene rings is 3. The van der Waals surface area contributed by atoms with E-state index in [-0.39, 0.29) is 17.9 Å². The Morgan fingerprint density at radius 1 is 0.941 bits per heavy atom. The second-order valence-electron chi connectivity index (χ2n) is 8.87. The first-order valence-electron chi connectivity index (χ1n) is 11.9. The molecule has 0 saturated carbocycles. The fraction of sp³-hybridized carbons (Fsp3) is 0.286. The van der Waals surface area contributed by atoms with Gasteiger partial charge in [-0.1, -0.05) is 54.6 Å². The Balaban J connectivity index is 1.21. The number of carbonyl (C=O) groups is 2. The molecule has 2 amide bonds. The van der Waals surface area contributed by atoms with E-state index < -0.39 is 6.10 Å². The predicted molar refractivity (Wildman–Crippen MR) is 132 cm³/mol. The normalized spacial score (nSPS) is 18.1. The molecule has 2 heterocycles. The third-order valence-corrected chi connectivity index (χ3v) is 6.55. The van der Waals surface area contributed by atoms with Crippen LogP contribution in [0.3, 0.4) is 0 Å². The number of hydrogen-bond acceptors (Lipinski definition) is 4. The van der Waals surface area contributed by atoms with Crippen LogP contribution in [0.1, 0.15) is 40.4 Å². The molecule has 2 atom stereocenters. The Kier molecular flexibility index (Phi) is 6.58. The summed E-state index contributed by atoms with van der Waals surface area (Å²) in [6.07, 6.45) is 2.35. The molecule has 0 spiro atoms. The highest BCUT2D eigenvalue weighted by molar-refractivity contribution is 5.98. The first-order chi connectivity index (χ1) is 16.7. The van der Waals surface area contributed by atoms with Crippen molar-refractivity contribution >= 4 is 17.5 Å². The number of nitrogens with one attached hydrogen (secondary N) is 2. The molecule has 2 N–H and O–H groups in total. The summed E-state index contributed by atoms with van der Waals surface area (Å²) in [7, 11) is 0. The SMILES string of the molecule is O=C(NCC(c1ccccc1)N1CCCC1)c1cccc(NC(=O)C2Cc3ccccc3O2)c1. The van der Waals surface area contributed by atoms with Gasteiger partial charge in [0, 0.05) is 24.2 Å². The van der Waals surface area contributed by atoms with E-state index in [1.165, 1.54) is 18.4 Å². The molecule has 0 aromatic heterocycles. The maximum absolute atomic E-state index is 13.0. The van der Waals surface area contributed by atoms with E-state index in [1.807, 2.05) is 42.5 Å². The quantitative estimate of drug-likeness (QED) is 0.560. The third-order valence-electron chi connectivity index (χ3n) is 6.55. The molecule has 0 bridgehead atoms. The summed E-state index contributed by atoms with van der Waals surface area (Å²) in [5, 5.41) is 6.00. The second kappa shape index (κ2) is 10.1. The molecular weight excluding hydrogens is 426 g/mol. The highest BCUT2D eigenvalue weighted by atomic mass is 16.5. The van der Waals surface area contributed by atoms with Crippen molar-refractivity contribution in [2.45, 2.75) is 31.4 Å². The molecule has 2 aliphatic heterocycles. The summed E-state index contributed by atoms with van der Waals surface area (Å²) in [6, 6.07) is 25.2. The number of nitrogens with zero attached hydrogens (tertiary/aromatic N) is 1. The number of para-hydroxylation sites is 1. The number of fused-ring (bicyclic) bond motifs is 1. The standard InChI is InChI=1S/C28H29N3O3/c32-27(29-19-24(31-15-6-7-16-31)20-9-2-1-3-10-20)22-12-8-13-23(17-22)30-28(33)26-18-21-11-4-5-14-25(21)34-26/h1-5,8-14,17,24,26H,6-7,15-16,18-19H2,(H,29,32)(H,30,33). The average molecular weight is 456 g/mol.